The zero-order valence-electron chi connectivity index (χ0n) is 6.93. The molecule has 1 heterocycles. The van der Waals surface area contributed by atoms with Crippen LogP contribution in [0.4, 0.5) is 0 Å². The highest BCUT2D eigenvalue weighted by molar-refractivity contribution is 5.87. The molecule has 0 unspecified atom stereocenters. The van der Waals surface area contributed by atoms with Gasteiger partial charge in [0.2, 0.25) is 0 Å². The highest BCUT2D eigenvalue weighted by Gasteiger charge is 2.04. The third-order valence-corrected chi connectivity index (χ3v) is 1.76. The van der Waals surface area contributed by atoms with Crippen molar-refractivity contribution in [2.75, 3.05) is 13.2 Å². The van der Waals surface area contributed by atoms with Gasteiger partial charge in [0.1, 0.15) is 0 Å². The molecule has 0 amide bonds. The predicted octanol–water partition coefficient (Wildman–Crippen LogP) is 1.70. The Morgan fingerprint density at radius 2 is 2.27 bits per heavy atom. The van der Waals surface area contributed by atoms with Gasteiger partial charge in [-0.25, -0.2) is 0 Å². The molecule has 1 aliphatic heterocycles. The summed E-state index contributed by atoms with van der Waals surface area (Å²) < 4.78 is 5.25. The lowest BCUT2D eigenvalue weighted by Crippen LogP contribution is -1.91. The third-order valence-electron chi connectivity index (χ3n) is 1.76. The van der Waals surface area contributed by atoms with Crippen molar-refractivity contribution in [2.45, 2.75) is 26.2 Å². The van der Waals surface area contributed by atoms with Gasteiger partial charge in [-0.05, 0) is 32.3 Å². The molecule has 0 bridgehead atoms. The van der Waals surface area contributed by atoms with E-state index >= 15 is 0 Å². The molecule has 0 atom stereocenters. The molecule has 62 valence electrons. The Morgan fingerprint density at radius 1 is 1.45 bits per heavy atom. The molecule has 1 fully saturated rings. The SMILES string of the molecule is CC(=O)/C=C1/CCCOCC1. The Morgan fingerprint density at radius 3 is 3.00 bits per heavy atom. The molecule has 0 aromatic carbocycles. The summed E-state index contributed by atoms with van der Waals surface area (Å²) in [6.45, 7) is 3.22. The van der Waals surface area contributed by atoms with Crippen LogP contribution in [0.2, 0.25) is 0 Å². The van der Waals surface area contributed by atoms with Gasteiger partial charge in [0.25, 0.3) is 0 Å². The fourth-order valence-electron chi connectivity index (χ4n) is 1.26. The number of carbonyl (C=O) groups is 1. The van der Waals surface area contributed by atoms with Crippen molar-refractivity contribution in [1.29, 1.82) is 0 Å². The van der Waals surface area contributed by atoms with Gasteiger partial charge in [0.15, 0.2) is 5.78 Å². The molecular formula is C9H14O2. The summed E-state index contributed by atoms with van der Waals surface area (Å²) in [7, 11) is 0. The first kappa shape index (κ1) is 8.47. The number of hydrogen-bond acceptors (Lipinski definition) is 2. The lowest BCUT2D eigenvalue weighted by atomic mass is 10.1. The van der Waals surface area contributed by atoms with Crippen LogP contribution in [0.1, 0.15) is 26.2 Å². The molecule has 0 aliphatic carbocycles. The summed E-state index contributed by atoms with van der Waals surface area (Å²) in [5.41, 5.74) is 1.25. The van der Waals surface area contributed by atoms with Gasteiger partial charge in [-0.15, -0.1) is 0 Å². The minimum atomic E-state index is 0.155. The molecule has 1 saturated heterocycles. The first-order valence-corrected chi connectivity index (χ1v) is 4.07. The van der Waals surface area contributed by atoms with E-state index in [1.54, 1.807) is 13.0 Å². The zero-order chi connectivity index (χ0) is 8.10. The van der Waals surface area contributed by atoms with Crippen molar-refractivity contribution in [2.24, 2.45) is 0 Å². The average Bonchev–Trinajstić information content (AvgIpc) is 2.14. The minimum absolute atomic E-state index is 0.155. The fourth-order valence-corrected chi connectivity index (χ4v) is 1.26. The van der Waals surface area contributed by atoms with E-state index < -0.39 is 0 Å². The van der Waals surface area contributed by atoms with Gasteiger partial charge >= 0.3 is 0 Å². The standard InChI is InChI=1S/C9H14O2/c1-8(10)7-9-3-2-5-11-6-4-9/h7H,2-6H2,1H3/b9-7-. The largest absolute Gasteiger partial charge is 0.381 e. The van der Waals surface area contributed by atoms with Crippen LogP contribution in [0.15, 0.2) is 11.6 Å². The highest BCUT2D eigenvalue weighted by Crippen LogP contribution is 2.13. The fraction of sp³-hybridized carbons (Fsp3) is 0.667. The van der Waals surface area contributed by atoms with Gasteiger partial charge in [0.05, 0.1) is 6.61 Å². The molecule has 0 saturated carbocycles. The summed E-state index contributed by atoms with van der Waals surface area (Å²) >= 11 is 0. The smallest absolute Gasteiger partial charge is 0.152 e. The molecule has 2 nitrogen and oxygen atoms in total. The quantitative estimate of drug-likeness (QED) is 0.537. The summed E-state index contributed by atoms with van der Waals surface area (Å²) in [5, 5.41) is 0. The van der Waals surface area contributed by atoms with Crippen LogP contribution in [-0.4, -0.2) is 19.0 Å². The number of carbonyl (C=O) groups excluding carboxylic acids is 1. The van der Waals surface area contributed by atoms with E-state index in [-0.39, 0.29) is 5.78 Å². The van der Waals surface area contributed by atoms with Gasteiger partial charge < -0.3 is 4.74 Å². The average molecular weight is 154 g/mol. The van der Waals surface area contributed by atoms with Crippen LogP contribution in [-0.2, 0) is 9.53 Å². The normalized spacial score (nSPS) is 23.2. The first-order valence-electron chi connectivity index (χ1n) is 4.07. The van der Waals surface area contributed by atoms with Crippen LogP contribution in [0.25, 0.3) is 0 Å². The van der Waals surface area contributed by atoms with Crippen molar-refractivity contribution in [3.8, 4) is 0 Å². The molecule has 0 aromatic heterocycles. The molecule has 0 radical (unpaired) electrons. The number of hydrogen-bond donors (Lipinski definition) is 0. The number of allylic oxidation sites excluding steroid dienone is 1. The monoisotopic (exact) mass is 154 g/mol. The summed E-state index contributed by atoms with van der Waals surface area (Å²) in [6, 6.07) is 0. The summed E-state index contributed by atoms with van der Waals surface area (Å²) in [4.78, 5) is 10.7. The van der Waals surface area contributed by atoms with Crippen LogP contribution in [0, 0.1) is 0 Å². The molecule has 1 rings (SSSR count). The van der Waals surface area contributed by atoms with E-state index in [9.17, 15) is 4.79 Å². The lowest BCUT2D eigenvalue weighted by Gasteiger charge is -1.97. The van der Waals surface area contributed by atoms with Crippen molar-refractivity contribution in [1.82, 2.24) is 0 Å². The second-order valence-electron chi connectivity index (χ2n) is 2.88. The lowest BCUT2D eigenvalue weighted by molar-refractivity contribution is -0.112. The Bertz CT molecular complexity index is 160. The summed E-state index contributed by atoms with van der Waals surface area (Å²) in [5.74, 6) is 0.155. The molecule has 2 heteroatoms. The Balaban J connectivity index is 2.48. The maximum atomic E-state index is 10.7. The van der Waals surface area contributed by atoms with Crippen molar-refractivity contribution < 1.29 is 9.53 Å². The Labute approximate surface area is 67.2 Å². The summed E-state index contributed by atoms with van der Waals surface area (Å²) in [6.07, 6.45) is 4.76. The van der Waals surface area contributed by atoms with E-state index in [1.165, 1.54) is 5.57 Å². The van der Waals surface area contributed by atoms with Crippen molar-refractivity contribution in [3.63, 3.8) is 0 Å². The zero-order valence-corrected chi connectivity index (χ0v) is 6.93. The molecule has 0 N–H and O–H groups in total. The maximum Gasteiger partial charge on any atom is 0.152 e. The maximum absolute atomic E-state index is 10.7. The Kier molecular flexibility index (Phi) is 3.30. The minimum Gasteiger partial charge on any atom is -0.381 e. The van der Waals surface area contributed by atoms with Crippen molar-refractivity contribution >= 4 is 5.78 Å². The molecule has 1 aliphatic rings. The van der Waals surface area contributed by atoms with Gasteiger partial charge in [-0.1, -0.05) is 5.57 Å². The van der Waals surface area contributed by atoms with Crippen LogP contribution >= 0.6 is 0 Å². The topological polar surface area (TPSA) is 26.3 Å². The molecule has 0 spiro atoms. The van der Waals surface area contributed by atoms with Gasteiger partial charge in [0, 0.05) is 6.61 Å². The van der Waals surface area contributed by atoms with Crippen LogP contribution in [0.5, 0.6) is 0 Å². The van der Waals surface area contributed by atoms with E-state index in [1.807, 2.05) is 0 Å². The number of rotatable bonds is 1. The van der Waals surface area contributed by atoms with Gasteiger partial charge in [-0.2, -0.15) is 0 Å². The van der Waals surface area contributed by atoms with Gasteiger partial charge in [-0.3, -0.25) is 4.79 Å². The van der Waals surface area contributed by atoms with Crippen molar-refractivity contribution in [3.05, 3.63) is 11.6 Å². The first-order chi connectivity index (χ1) is 5.29. The van der Waals surface area contributed by atoms with E-state index in [0.717, 1.165) is 32.5 Å². The molecular weight excluding hydrogens is 140 g/mol. The van der Waals surface area contributed by atoms with E-state index in [2.05, 4.69) is 0 Å². The number of ether oxygens (including phenoxy) is 1. The third kappa shape index (κ3) is 3.33. The Hall–Kier alpha value is -0.630. The van der Waals surface area contributed by atoms with Crippen LogP contribution < -0.4 is 0 Å². The molecule has 11 heavy (non-hydrogen) atoms. The van der Waals surface area contributed by atoms with E-state index in [4.69, 9.17) is 4.74 Å². The van der Waals surface area contributed by atoms with E-state index in [0.29, 0.717) is 0 Å². The second-order valence-corrected chi connectivity index (χ2v) is 2.88. The molecule has 0 aromatic rings. The number of ketones is 1. The predicted molar refractivity (Wildman–Crippen MR) is 43.4 cm³/mol. The second kappa shape index (κ2) is 4.29. The van der Waals surface area contributed by atoms with Crippen LogP contribution in [0.3, 0.4) is 0 Å². The highest BCUT2D eigenvalue weighted by atomic mass is 16.5.